The van der Waals surface area contributed by atoms with Crippen LogP contribution in [0.1, 0.15) is 25.7 Å². The third kappa shape index (κ3) is 4.83. The molecular weight excluding hydrogens is 489 g/mol. The van der Waals surface area contributed by atoms with Crippen molar-refractivity contribution in [2.24, 2.45) is 5.92 Å². The highest BCUT2D eigenvalue weighted by atomic mass is 127. The lowest BCUT2D eigenvalue weighted by Gasteiger charge is -2.28. The van der Waals surface area contributed by atoms with E-state index < -0.39 is 0 Å². The number of nitrogens with one attached hydrogen (secondary N) is 2. The summed E-state index contributed by atoms with van der Waals surface area (Å²) in [5, 5.41) is 7.61. The Morgan fingerprint density at radius 2 is 1.80 bits per heavy atom. The van der Waals surface area contributed by atoms with Gasteiger partial charge in [-0.25, -0.2) is 4.98 Å². The van der Waals surface area contributed by atoms with Gasteiger partial charge in [0, 0.05) is 40.7 Å². The smallest absolute Gasteiger partial charge is 0.227 e. The first-order valence-electron chi connectivity index (χ1n) is 10.3. The molecule has 3 aromatic rings. The molecule has 7 heteroatoms. The van der Waals surface area contributed by atoms with Crippen LogP contribution in [0.2, 0.25) is 0 Å². The van der Waals surface area contributed by atoms with Crippen molar-refractivity contribution in [3.05, 3.63) is 52.1 Å². The van der Waals surface area contributed by atoms with Gasteiger partial charge in [-0.15, -0.1) is 0 Å². The molecular formula is C23H26IN5O. The predicted molar refractivity (Wildman–Crippen MR) is 131 cm³/mol. The molecule has 0 saturated heterocycles. The Balaban J connectivity index is 1.38. The predicted octanol–water partition coefficient (Wildman–Crippen LogP) is 4.91. The fourth-order valence-electron chi connectivity index (χ4n) is 3.96. The first kappa shape index (κ1) is 20.8. The summed E-state index contributed by atoms with van der Waals surface area (Å²) < 4.78 is 1.12. The van der Waals surface area contributed by atoms with Crippen molar-refractivity contribution in [2.75, 3.05) is 29.6 Å². The van der Waals surface area contributed by atoms with Gasteiger partial charge >= 0.3 is 0 Å². The second kappa shape index (κ2) is 9.16. The van der Waals surface area contributed by atoms with Crippen molar-refractivity contribution in [3.8, 4) is 0 Å². The number of aromatic nitrogens is 2. The average Bonchev–Trinajstić information content (AvgIpc) is 2.73. The van der Waals surface area contributed by atoms with E-state index >= 15 is 0 Å². The molecule has 1 fully saturated rings. The monoisotopic (exact) mass is 515 g/mol. The molecule has 1 saturated carbocycles. The molecule has 0 radical (unpaired) electrons. The summed E-state index contributed by atoms with van der Waals surface area (Å²) in [6.45, 7) is 0. The third-order valence-corrected chi connectivity index (χ3v) is 6.20. The van der Waals surface area contributed by atoms with E-state index in [0.29, 0.717) is 5.95 Å². The highest BCUT2D eigenvalue weighted by molar-refractivity contribution is 14.1. The summed E-state index contributed by atoms with van der Waals surface area (Å²) in [6, 6.07) is 16.3. The number of fused-ring (bicyclic) bond motifs is 1. The molecule has 156 valence electrons. The summed E-state index contributed by atoms with van der Waals surface area (Å²) >= 11 is 2.26. The van der Waals surface area contributed by atoms with Crippen LogP contribution < -0.4 is 15.5 Å². The summed E-state index contributed by atoms with van der Waals surface area (Å²) in [5.41, 5.74) is 1.80. The summed E-state index contributed by atoms with van der Waals surface area (Å²) in [7, 11) is 3.99. The highest BCUT2D eigenvalue weighted by Gasteiger charge is 2.27. The average molecular weight is 515 g/mol. The van der Waals surface area contributed by atoms with E-state index in [1.54, 1.807) is 0 Å². The molecule has 1 aliphatic carbocycles. The maximum absolute atomic E-state index is 12.6. The Morgan fingerprint density at radius 1 is 1.03 bits per heavy atom. The minimum Gasteiger partial charge on any atom is -0.362 e. The molecule has 0 spiro atoms. The van der Waals surface area contributed by atoms with Gasteiger partial charge in [-0.3, -0.25) is 4.79 Å². The van der Waals surface area contributed by atoms with E-state index in [0.717, 1.165) is 51.7 Å². The van der Waals surface area contributed by atoms with Crippen molar-refractivity contribution in [3.63, 3.8) is 0 Å². The fourth-order valence-corrected chi connectivity index (χ4v) is 4.50. The van der Waals surface area contributed by atoms with Crippen LogP contribution in [0.15, 0.2) is 48.5 Å². The normalized spacial score (nSPS) is 18.8. The van der Waals surface area contributed by atoms with Gasteiger partial charge in [-0.2, -0.15) is 4.98 Å². The van der Waals surface area contributed by atoms with Crippen LogP contribution in [0, 0.1) is 9.49 Å². The van der Waals surface area contributed by atoms with Gasteiger partial charge in [0.25, 0.3) is 0 Å². The lowest BCUT2D eigenvalue weighted by molar-refractivity contribution is -0.120. The van der Waals surface area contributed by atoms with Crippen molar-refractivity contribution in [1.29, 1.82) is 0 Å². The number of anilines is 3. The molecule has 1 aliphatic rings. The number of hydrogen-bond acceptors (Lipinski definition) is 5. The molecule has 2 N–H and O–H groups in total. The zero-order chi connectivity index (χ0) is 21.1. The minimum absolute atomic E-state index is 0.0516. The molecule has 1 amide bonds. The number of nitrogens with zero attached hydrogens (tertiary/aromatic N) is 3. The molecule has 0 atom stereocenters. The molecule has 6 nitrogen and oxygen atoms in total. The second-order valence-electron chi connectivity index (χ2n) is 7.97. The van der Waals surface area contributed by atoms with E-state index in [1.807, 2.05) is 67.5 Å². The lowest BCUT2D eigenvalue weighted by Crippen LogP contribution is -2.32. The number of hydrogen-bond donors (Lipinski definition) is 2. The first-order chi connectivity index (χ1) is 14.5. The maximum atomic E-state index is 12.6. The quantitative estimate of drug-likeness (QED) is 0.473. The Morgan fingerprint density at radius 3 is 2.53 bits per heavy atom. The van der Waals surface area contributed by atoms with Crippen LogP contribution in [0.4, 0.5) is 17.5 Å². The van der Waals surface area contributed by atoms with Gasteiger partial charge in [0.1, 0.15) is 5.82 Å². The molecule has 30 heavy (non-hydrogen) atoms. The SMILES string of the molecule is CN(C)c1nc(N[C@H]2CC[C@@H](C(=O)Nc3cccc(I)c3)CC2)nc2ccccc12. The number of carbonyl (C=O) groups is 1. The number of amides is 1. The van der Waals surface area contributed by atoms with Crippen molar-refractivity contribution in [1.82, 2.24) is 9.97 Å². The molecule has 0 aliphatic heterocycles. The summed E-state index contributed by atoms with van der Waals surface area (Å²) in [6.07, 6.45) is 3.58. The van der Waals surface area contributed by atoms with Gasteiger partial charge in [-0.05, 0) is 78.6 Å². The standard InChI is InChI=1S/C23H26IN5O/c1-29(2)21-19-8-3-4-9-20(19)27-23(28-21)26-17-12-10-15(11-13-17)22(30)25-18-7-5-6-16(24)14-18/h3-9,14-15,17H,10-13H2,1-2H3,(H,25,30)(H,26,27,28)/t15-,17+. The number of para-hydroxylation sites is 1. The molecule has 2 aromatic carbocycles. The van der Waals surface area contributed by atoms with Crippen LogP contribution in [0.3, 0.4) is 0 Å². The Labute approximate surface area is 190 Å². The van der Waals surface area contributed by atoms with E-state index in [2.05, 4.69) is 33.2 Å². The van der Waals surface area contributed by atoms with Gasteiger partial charge in [0.2, 0.25) is 11.9 Å². The van der Waals surface area contributed by atoms with E-state index in [4.69, 9.17) is 9.97 Å². The van der Waals surface area contributed by atoms with Crippen LogP contribution in [-0.4, -0.2) is 36.0 Å². The Bertz CT molecular complexity index is 1050. The van der Waals surface area contributed by atoms with Gasteiger partial charge in [0.15, 0.2) is 0 Å². The highest BCUT2D eigenvalue weighted by Crippen LogP contribution is 2.29. The number of benzene rings is 2. The van der Waals surface area contributed by atoms with E-state index in [9.17, 15) is 4.79 Å². The Hall–Kier alpha value is -2.42. The van der Waals surface area contributed by atoms with Gasteiger partial charge in [-0.1, -0.05) is 18.2 Å². The van der Waals surface area contributed by atoms with Gasteiger partial charge < -0.3 is 15.5 Å². The van der Waals surface area contributed by atoms with Gasteiger partial charge in [0.05, 0.1) is 5.52 Å². The van der Waals surface area contributed by atoms with Crippen LogP contribution in [-0.2, 0) is 4.79 Å². The van der Waals surface area contributed by atoms with Crippen LogP contribution >= 0.6 is 22.6 Å². The zero-order valence-electron chi connectivity index (χ0n) is 17.2. The minimum atomic E-state index is 0.0516. The van der Waals surface area contributed by atoms with Crippen molar-refractivity contribution < 1.29 is 4.79 Å². The first-order valence-corrected chi connectivity index (χ1v) is 11.3. The van der Waals surface area contributed by atoms with Crippen molar-refractivity contribution >= 4 is 56.9 Å². The Kier molecular flexibility index (Phi) is 6.36. The summed E-state index contributed by atoms with van der Waals surface area (Å²) in [4.78, 5) is 24.1. The molecule has 1 heterocycles. The molecule has 0 unspecified atom stereocenters. The lowest BCUT2D eigenvalue weighted by atomic mass is 9.85. The largest absolute Gasteiger partial charge is 0.362 e. The third-order valence-electron chi connectivity index (χ3n) is 5.53. The topological polar surface area (TPSA) is 70.2 Å². The number of carbonyl (C=O) groups excluding carboxylic acids is 1. The second-order valence-corrected chi connectivity index (χ2v) is 9.22. The molecule has 1 aromatic heterocycles. The number of rotatable bonds is 5. The van der Waals surface area contributed by atoms with E-state index in [-0.39, 0.29) is 17.9 Å². The van der Waals surface area contributed by atoms with E-state index in [1.165, 1.54) is 0 Å². The maximum Gasteiger partial charge on any atom is 0.227 e. The number of halogens is 1. The van der Waals surface area contributed by atoms with Crippen molar-refractivity contribution in [2.45, 2.75) is 31.7 Å². The zero-order valence-corrected chi connectivity index (χ0v) is 19.4. The fraction of sp³-hybridized carbons (Fsp3) is 0.348. The molecule has 4 rings (SSSR count). The van der Waals surface area contributed by atoms with Crippen LogP contribution in [0.5, 0.6) is 0 Å². The molecule has 0 bridgehead atoms. The van der Waals surface area contributed by atoms with Crippen LogP contribution in [0.25, 0.3) is 10.9 Å². The summed E-state index contributed by atoms with van der Waals surface area (Å²) in [5.74, 6) is 1.74.